The summed E-state index contributed by atoms with van der Waals surface area (Å²) >= 11 is 3.31. The summed E-state index contributed by atoms with van der Waals surface area (Å²) in [5.74, 6) is 1.09. The zero-order valence-electron chi connectivity index (χ0n) is 9.77. The van der Waals surface area contributed by atoms with Crippen LogP contribution in [0.1, 0.15) is 13.3 Å². The molecule has 1 aromatic rings. The molecule has 0 N–H and O–H groups in total. The van der Waals surface area contributed by atoms with Gasteiger partial charge >= 0.3 is 0 Å². The molecule has 0 aliphatic carbocycles. The molecule has 92 valence electrons. The highest BCUT2D eigenvalue weighted by atomic mass is 79.9. The molecule has 1 saturated heterocycles. The minimum Gasteiger partial charge on any atom is -0.352 e. The van der Waals surface area contributed by atoms with Crippen LogP contribution in [0.5, 0.6) is 0 Å². The number of nitrogens with zero attached hydrogens (tertiary/aromatic N) is 4. The average molecular weight is 299 g/mol. The molecule has 1 amide bonds. The Balaban J connectivity index is 1.97. The van der Waals surface area contributed by atoms with E-state index in [1.165, 1.54) is 0 Å². The number of aromatic nitrogens is 2. The smallest absolute Gasteiger partial charge is 0.222 e. The van der Waals surface area contributed by atoms with Gasteiger partial charge in [-0.3, -0.25) is 9.78 Å². The Bertz CT molecular complexity index is 404. The van der Waals surface area contributed by atoms with Gasteiger partial charge in [0.15, 0.2) is 0 Å². The van der Waals surface area contributed by atoms with Crippen molar-refractivity contribution in [1.82, 2.24) is 14.9 Å². The van der Waals surface area contributed by atoms with Crippen molar-refractivity contribution in [1.29, 1.82) is 0 Å². The molecule has 0 radical (unpaired) electrons. The van der Waals surface area contributed by atoms with Crippen LogP contribution in [0, 0.1) is 0 Å². The molecule has 0 spiro atoms. The fraction of sp³-hybridized carbons (Fsp3) is 0.545. The Morgan fingerprint density at radius 3 is 2.65 bits per heavy atom. The number of halogens is 1. The Hall–Kier alpha value is -1.17. The number of piperazine rings is 1. The van der Waals surface area contributed by atoms with Gasteiger partial charge in [-0.1, -0.05) is 6.92 Å². The van der Waals surface area contributed by atoms with E-state index in [9.17, 15) is 4.79 Å². The predicted octanol–water partition coefficient (Wildman–Crippen LogP) is 1.30. The first-order chi connectivity index (χ1) is 8.20. The molecular formula is C11H15BrN4O. The highest BCUT2D eigenvalue weighted by Gasteiger charge is 2.20. The molecule has 0 atom stereocenters. The molecule has 6 heteroatoms. The van der Waals surface area contributed by atoms with Crippen molar-refractivity contribution in [2.24, 2.45) is 0 Å². The van der Waals surface area contributed by atoms with Gasteiger partial charge in [0.2, 0.25) is 5.91 Å². The van der Waals surface area contributed by atoms with E-state index in [4.69, 9.17) is 0 Å². The average Bonchev–Trinajstić information content (AvgIpc) is 2.38. The van der Waals surface area contributed by atoms with Crippen molar-refractivity contribution in [3.05, 3.63) is 17.0 Å². The second-order valence-electron chi connectivity index (χ2n) is 3.92. The molecule has 0 unspecified atom stereocenters. The van der Waals surface area contributed by atoms with Crippen LogP contribution in [-0.4, -0.2) is 47.0 Å². The summed E-state index contributed by atoms with van der Waals surface area (Å²) in [6.45, 7) is 5.06. The number of anilines is 1. The third-order valence-corrected chi connectivity index (χ3v) is 3.23. The largest absolute Gasteiger partial charge is 0.352 e. The molecule has 1 fully saturated rings. The van der Waals surface area contributed by atoms with Crippen LogP contribution >= 0.6 is 15.9 Å². The summed E-state index contributed by atoms with van der Waals surface area (Å²) in [5, 5.41) is 0. The Morgan fingerprint density at radius 1 is 1.35 bits per heavy atom. The van der Waals surface area contributed by atoms with Crippen molar-refractivity contribution in [3.63, 3.8) is 0 Å². The van der Waals surface area contributed by atoms with E-state index in [0.717, 1.165) is 36.6 Å². The molecule has 1 aliphatic rings. The van der Waals surface area contributed by atoms with Crippen LogP contribution in [0.2, 0.25) is 0 Å². The number of carbonyl (C=O) groups excluding carboxylic acids is 1. The van der Waals surface area contributed by atoms with E-state index in [1.54, 1.807) is 12.4 Å². The fourth-order valence-corrected chi connectivity index (χ4v) is 2.19. The van der Waals surface area contributed by atoms with E-state index in [1.807, 2.05) is 11.8 Å². The van der Waals surface area contributed by atoms with Crippen molar-refractivity contribution in [2.45, 2.75) is 13.3 Å². The SMILES string of the molecule is CCC(=O)N1CCN(c2cncc(Br)n2)CC1. The predicted molar refractivity (Wildman–Crippen MR) is 68.8 cm³/mol. The van der Waals surface area contributed by atoms with E-state index < -0.39 is 0 Å². The van der Waals surface area contributed by atoms with Gasteiger partial charge in [0.05, 0.1) is 12.4 Å². The first-order valence-electron chi connectivity index (χ1n) is 5.71. The Labute approximate surface area is 109 Å². The second-order valence-corrected chi connectivity index (χ2v) is 4.73. The first kappa shape index (κ1) is 12.3. The maximum absolute atomic E-state index is 11.5. The van der Waals surface area contributed by atoms with Crippen LogP contribution in [0.25, 0.3) is 0 Å². The summed E-state index contributed by atoms with van der Waals surface area (Å²) in [5.41, 5.74) is 0. The summed E-state index contributed by atoms with van der Waals surface area (Å²) in [4.78, 5) is 24.1. The minimum atomic E-state index is 0.227. The van der Waals surface area contributed by atoms with Gasteiger partial charge in [0.1, 0.15) is 10.4 Å². The topological polar surface area (TPSA) is 49.3 Å². The first-order valence-corrected chi connectivity index (χ1v) is 6.50. The zero-order chi connectivity index (χ0) is 12.3. The summed E-state index contributed by atoms with van der Waals surface area (Å²) in [6.07, 6.45) is 4.00. The quantitative estimate of drug-likeness (QED) is 0.826. The van der Waals surface area contributed by atoms with E-state index in [0.29, 0.717) is 6.42 Å². The molecule has 2 rings (SSSR count). The molecule has 17 heavy (non-hydrogen) atoms. The summed E-state index contributed by atoms with van der Waals surface area (Å²) in [7, 11) is 0. The van der Waals surface area contributed by atoms with Crippen LogP contribution < -0.4 is 4.90 Å². The maximum Gasteiger partial charge on any atom is 0.222 e. The number of carbonyl (C=O) groups is 1. The molecule has 2 heterocycles. The number of hydrogen-bond acceptors (Lipinski definition) is 4. The third kappa shape index (κ3) is 2.94. The van der Waals surface area contributed by atoms with Crippen molar-refractivity contribution >= 4 is 27.7 Å². The standard InChI is InChI=1S/C11H15BrN4O/c1-2-11(17)16-5-3-15(4-6-16)10-8-13-7-9(12)14-10/h7-8H,2-6H2,1H3. The highest BCUT2D eigenvalue weighted by Crippen LogP contribution is 2.15. The molecule has 0 saturated carbocycles. The molecule has 5 nitrogen and oxygen atoms in total. The van der Waals surface area contributed by atoms with Crippen LogP contribution in [0.15, 0.2) is 17.0 Å². The van der Waals surface area contributed by atoms with E-state index in [-0.39, 0.29) is 5.91 Å². The van der Waals surface area contributed by atoms with E-state index in [2.05, 4.69) is 30.8 Å². The monoisotopic (exact) mass is 298 g/mol. The van der Waals surface area contributed by atoms with Gasteiger partial charge in [-0.2, -0.15) is 0 Å². The number of amides is 1. The van der Waals surface area contributed by atoms with Crippen LogP contribution in [0.4, 0.5) is 5.82 Å². The number of hydrogen-bond donors (Lipinski definition) is 0. The third-order valence-electron chi connectivity index (χ3n) is 2.85. The Kier molecular flexibility index (Phi) is 3.93. The van der Waals surface area contributed by atoms with Gasteiger partial charge in [-0.25, -0.2) is 4.98 Å². The van der Waals surface area contributed by atoms with Crippen molar-refractivity contribution < 1.29 is 4.79 Å². The lowest BCUT2D eigenvalue weighted by Crippen LogP contribution is -2.48. The molecular weight excluding hydrogens is 284 g/mol. The van der Waals surface area contributed by atoms with Gasteiger partial charge in [-0.05, 0) is 15.9 Å². The zero-order valence-corrected chi connectivity index (χ0v) is 11.4. The van der Waals surface area contributed by atoms with Gasteiger partial charge in [-0.15, -0.1) is 0 Å². The van der Waals surface area contributed by atoms with Crippen LogP contribution in [0.3, 0.4) is 0 Å². The normalized spacial score (nSPS) is 16.1. The lowest BCUT2D eigenvalue weighted by atomic mass is 10.3. The molecule has 1 aromatic heterocycles. The maximum atomic E-state index is 11.5. The Morgan fingerprint density at radius 2 is 2.06 bits per heavy atom. The second kappa shape index (κ2) is 5.44. The summed E-state index contributed by atoms with van der Waals surface area (Å²) in [6, 6.07) is 0. The van der Waals surface area contributed by atoms with Crippen LogP contribution in [-0.2, 0) is 4.79 Å². The van der Waals surface area contributed by atoms with Crippen molar-refractivity contribution in [2.75, 3.05) is 31.1 Å². The lowest BCUT2D eigenvalue weighted by Gasteiger charge is -2.35. The van der Waals surface area contributed by atoms with E-state index >= 15 is 0 Å². The minimum absolute atomic E-state index is 0.227. The van der Waals surface area contributed by atoms with Gasteiger partial charge in [0, 0.05) is 32.6 Å². The molecule has 0 bridgehead atoms. The fourth-order valence-electron chi connectivity index (χ4n) is 1.89. The summed E-state index contributed by atoms with van der Waals surface area (Å²) < 4.78 is 0.738. The number of rotatable bonds is 2. The van der Waals surface area contributed by atoms with Crippen molar-refractivity contribution in [3.8, 4) is 0 Å². The molecule has 0 aromatic carbocycles. The molecule has 1 aliphatic heterocycles. The lowest BCUT2D eigenvalue weighted by molar-refractivity contribution is -0.131. The highest BCUT2D eigenvalue weighted by molar-refractivity contribution is 9.10. The van der Waals surface area contributed by atoms with Gasteiger partial charge in [0.25, 0.3) is 0 Å². The van der Waals surface area contributed by atoms with Gasteiger partial charge < -0.3 is 9.80 Å².